The van der Waals surface area contributed by atoms with E-state index in [1.54, 1.807) is 0 Å². The van der Waals surface area contributed by atoms with Crippen molar-refractivity contribution in [3.63, 3.8) is 0 Å². The summed E-state index contributed by atoms with van der Waals surface area (Å²) in [6, 6.07) is 12.0. The highest BCUT2D eigenvalue weighted by atomic mass is 35.5. The molecule has 0 aliphatic carbocycles. The molecule has 2 N–H and O–H groups in total. The van der Waals surface area contributed by atoms with Gasteiger partial charge in [-0.3, -0.25) is 0 Å². The monoisotopic (exact) mass is 299 g/mol. The van der Waals surface area contributed by atoms with Gasteiger partial charge in [-0.05, 0) is 44.5 Å². The van der Waals surface area contributed by atoms with Crippen molar-refractivity contribution in [3.8, 4) is 11.4 Å². The Morgan fingerprint density at radius 2 is 1.86 bits per heavy atom. The Kier molecular flexibility index (Phi) is 3.38. The molecule has 108 valence electrons. The highest BCUT2D eigenvalue weighted by Crippen LogP contribution is 2.36. The number of anilines is 1. The zero-order valence-electron chi connectivity index (χ0n) is 12.4. The van der Waals surface area contributed by atoms with Gasteiger partial charge in [-0.25, -0.2) is 4.98 Å². The average Bonchev–Trinajstić information content (AvgIpc) is 2.79. The summed E-state index contributed by atoms with van der Waals surface area (Å²) in [7, 11) is 0. The maximum atomic E-state index is 6.39. The van der Waals surface area contributed by atoms with Crippen molar-refractivity contribution in [2.45, 2.75) is 26.8 Å². The molecule has 1 aromatic heterocycles. The van der Waals surface area contributed by atoms with Crippen LogP contribution in [-0.4, -0.2) is 9.55 Å². The Labute approximate surface area is 129 Å². The van der Waals surface area contributed by atoms with Gasteiger partial charge >= 0.3 is 0 Å². The van der Waals surface area contributed by atoms with Crippen LogP contribution in [0, 0.1) is 6.92 Å². The SMILES string of the molecule is Cc1cccc(N)c1-c1nc2cccc(Cl)c2n1C(C)C. The predicted molar refractivity (Wildman–Crippen MR) is 89.7 cm³/mol. The van der Waals surface area contributed by atoms with Gasteiger partial charge in [0.2, 0.25) is 0 Å². The van der Waals surface area contributed by atoms with Crippen molar-refractivity contribution < 1.29 is 0 Å². The summed E-state index contributed by atoms with van der Waals surface area (Å²) in [5.74, 6) is 0.878. The first-order valence-electron chi connectivity index (χ1n) is 7.02. The molecular weight excluding hydrogens is 282 g/mol. The number of aromatic nitrogens is 2. The molecule has 3 rings (SSSR count). The first-order chi connectivity index (χ1) is 10.0. The first-order valence-corrected chi connectivity index (χ1v) is 7.40. The van der Waals surface area contributed by atoms with E-state index >= 15 is 0 Å². The fourth-order valence-corrected chi connectivity index (χ4v) is 3.04. The summed E-state index contributed by atoms with van der Waals surface area (Å²) < 4.78 is 2.16. The summed E-state index contributed by atoms with van der Waals surface area (Å²) in [6.07, 6.45) is 0. The molecule has 0 unspecified atom stereocenters. The molecule has 4 heteroatoms. The Hall–Kier alpha value is -2.00. The molecule has 0 atom stereocenters. The number of rotatable bonds is 2. The Morgan fingerprint density at radius 3 is 2.52 bits per heavy atom. The van der Waals surface area contributed by atoms with Gasteiger partial charge < -0.3 is 10.3 Å². The minimum Gasteiger partial charge on any atom is -0.398 e. The summed E-state index contributed by atoms with van der Waals surface area (Å²) in [5.41, 5.74) is 10.9. The van der Waals surface area contributed by atoms with Crippen LogP contribution in [0.4, 0.5) is 5.69 Å². The smallest absolute Gasteiger partial charge is 0.143 e. The molecule has 0 aliphatic heterocycles. The van der Waals surface area contributed by atoms with Crippen molar-refractivity contribution >= 4 is 28.3 Å². The van der Waals surface area contributed by atoms with Crippen LogP contribution < -0.4 is 5.73 Å². The lowest BCUT2D eigenvalue weighted by atomic mass is 10.1. The van der Waals surface area contributed by atoms with Gasteiger partial charge in [0.25, 0.3) is 0 Å². The second kappa shape index (κ2) is 5.08. The van der Waals surface area contributed by atoms with Crippen molar-refractivity contribution in [2.24, 2.45) is 0 Å². The van der Waals surface area contributed by atoms with E-state index in [2.05, 4.69) is 31.4 Å². The number of nitrogen functional groups attached to an aromatic ring is 1. The molecule has 3 nitrogen and oxygen atoms in total. The van der Waals surface area contributed by atoms with Crippen molar-refractivity contribution in [2.75, 3.05) is 5.73 Å². The van der Waals surface area contributed by atoms with Gasteiger partial charge in [-0.15, -0.1) is 0 Å². The minimum atomic E-state index is 0.240. The lowest BCUT2D eigenvalue weighted by Crippen LogP contribution is -2.05. The van der Waals surface area contributed by atoms with E-state index in [0.29, 0.717) is 5.02 Å². The summed E-state index contributed by atoms with van der Waals surface area (Å²) in [4.78, 5) is 4.79. The molecule has 1 heterocycles. The normalized spacial score (nSPS) is 11.5. The molecule has 0 saturated carbocycles. The Morgan fingerprint density at radius 1 is 1.14 bits per heavy atom. The highest BCUT2D eigenvalue weighted by Gasteiger charge is 2.19. The van der Waals surface area contributed by atoms with Crippen molar-refractivity contribution in [3.05, 3.63) is 47.0 Å². The van der Waals surface area contributed by atoms with Crippen LogP contribution in [0.15, 0.2) is 36.4 Å². The van der Waals surface area contributed by atoms with Gasteiger partial charge in [0.1, 0.15) is 5.82 Å². The van der Waals surface area contributed by atoms with Crippen LogP contribution in [0.3, 0.4) is 0 Å². The fraction of sp³-hybridized carbons (Fsp3) is 0.235. The van der Waals surface area contributed by atoms with Crippen molar-refractivity contribution in [1.29, 1.82) is 0 Å². The van der Waals surface area contributed by atoms with Crippen LogP contribution in [-0.2, 0) is 0 Å². The van der Waals surface area contributed by atoms with E-state index in [0.717, 1.165) is 33.7 Å². The minimum absolute atomic E-state index is 0.240. The molecule has 21 heavy (non-hydrogen) atoms. The van der Waals surface area contributed by atoms with Crippen molar-refractivity contribution in [1.82, 2.24) is 9.55 Å². The van der Waals surface area contributed by atoms with E-state index in [4.69, 9.17) is 22.3 Å². The number of para-hydroxylation sites is 1. The molecule has 0 spiro atoms. The summed E-state index contributed by atoms with van der Waals surface area (Å²) in [6.45, 7) is 6.31. The number of halogens is 1. The van der Waals surface area contributed by atoms with Gasteiger partial charge in [-0.1, -0.05) is 29.8 Å². The topological polar surface area (TPSA) is 43.8 Å². The molecule has 3 aromatic rings. The van der Waals surface area contributed by atoms with Crippen LogP contribution in [0.25, 0.3) is 22.4 Å². The molecule has 0 radical (unpaired) electrons. The standard InChI is InChI=1S/C17H18ClN3/c1-10(2)21-16-12(18)7-5-9-14(16)20-17(21)15-11(3)6-4-8-13(15)19/h4-10H,19H2,1-3H3. The van der Waals surface area contributed by atoms with Crippen LogP contribution in [0.5, 0.6) is 0 Å². The van der Waals surface area contributed by atoms with E-state index in [9.17, 15) is 0 Å². The van der Waals surface area contributed by atoms with E-state index < -0.39 is 0 Å². The Balaban J connectivity index is 2.43. The van der Waals surface area contributed by atoms with Gasteiger partial charge in [-0.2, -0.15) is 0 Å². The summed E-state index contributed by atoms with van der Waals surface area (Å²) >= 11 is 6.39. The Bertz CT molecular complexity index is 798. The van der Waals surface area contributed by atoms with Crippen LogP contribution >= 0.6 is 11.6 Å². The second-order valence-electron chi connectivity index (χ2n) is 5.55. The quantitative estimate of drug-likeness (QED) is 0.689. The third-order valence-corrected chi connectivity index (χ3v) is 4.01. The zero-order valence-corrected chi connectivity index (χ0v) is 13.1. The largest absolute Gasteiger partial charge is 0.398 e. The van der Waals surface area contributed by atoms with Crippen LogP contribution in [0.1, 0.15) is 25.5 Å². The zero-order chi connectivity index (χ0) is 15.1. The summed E-state index contributed by atoms with van der Waals surface area (Å²) in [5, 5.41) is 0.715. The molecule has 0 saturated heterocycles. The number of hydrogen-bond donors (Lipinski definition) is 1. The molecule has 0 amide bonds. The maximum absolute atomic E-state index is 6.39. The first kappa shape index (κ1) is 14.0. The third-order valence-electron chi connectivity index (χ3n) is 3.71. The average molecular weight is 300 g/mol. The van der Waals surface area contributed by atoms with Gasteiger partial charge in [0, 0.05) is 17.3 Å². The highest BCUT2D eigenvalue weighted by molar-refractivity contribution is 6.35. The molecule has 2 aromatic carbocycles. The second-order valence-corrected chi connectivity index (χ2v) is 5.95. The molecule has 0 aliphatic rings. The number of nitrogens with zero attached hydrogens (tertiary/aromatic N) is 2. The number of fused-ring (bicyclic) bond motifs is 1. The van der Waals surface area contributed by atoms with Gasteiger partial charge in [0.05, 0.1) is 16.1 Å². The number of hydrogen-bond acceptors (Lipinski definition) is 2. The molecule has 0 fully saturated rings. The molecular formula is C17H18ClN3. The fourth-order valence-electron chi connectivity index (χ4n) is 2.78. The third kappa shape index (κ3) is 2.18. The molecule has 0 bridgehead atoms. The lowest BCUT2D eigenvalue weighted by molar-refractivity contribution is 0.624. The van der Waals surface area contributed by atoms with E-state index in [1.807, 2.05) is 30.3 Å². The number of benzene rings is 2. The number of imidazole rings is 1. The predicted octanol–water partition coefficient (Wildman–Crippen LogP) is 4.83. The number of aryl methyl sites for hydroxylation is 1. The number of nitrogens with two attached hydrogens (primary N) is 1. The lowest BCUT2D eigenvalue weighted by Gasteiger charge is -2.16. The van der Waals surface area contributed by atoms with Gasteiger partial charge in [0.15, 0.2) is 0 Å². The van der Waals surface area contributed by atoms with E-state index in [-0.39, 0.29) is 6.04 Å². The van der Waals surface area contributed by atoms with Crippen LogP contribution in [0.2, 0.25) is 5.02 Å². The maximum Gasteiger partial charge on any atom is 0.143 e. The van der Waals surface area contributed by atoms with E-state index in [1.165, 1.54) is 0 Å².